The molecule has 0 N–H and O–H groups in total. The van der Waals surface area contributed by atoms with Crippen molar-refractivity contribution in [2.75, 3.05) is 13.6 Å². The van der Waals surface area contributed by atoms with Gasteiger partial charge in [-0.15, -0.1) is 0 Å². The number of nitrogens with zero attached hydrogens (tertiary/aromatic N) is 1. The summed E-state index contributed by atoms with van der Waals surface area (Å²) in [6, 6.07) is 0.913. The Bertz CT molecular complexity index is 155. The van der Waals surface area contributed by atoms with Gasteiger partial charge >= 0.3 is 0 Å². The van der Waals surface area contributed by atoms with Gasteiger partial charge < -0.3 is 4.90 Å². The van der Waals surface area contributed by atoms with Gasteiger partial charge in [-0.2, -0.15) is 0 Å². The average molecular weight is 183 g/mol. The summed E-state index contributed by atoms with van der Waals surface area (Å²) in [7, 11) is 2.30. The maximum atomic E-state index is 2.58. The van der Waals surface area contributed by atoms with Gasteiger partial charge in [0.15, 0.2) is 0 Å². The highest BCUT2D eigenvalue weighted by molar-refractivity contribution is 4.96. The van der Waals surface area contributed by atoms with Crippen LogP contribution in [0.3, 0.4) is 0 Å². The van der Waals surface area contributed by atoms with Gasteiger partial charge in [-0.25, -0.2) is 0 Å². The van der Waals surface area contributed by atoms with E-state index in [4.69, 9.17) is 0 Å². The molecule has 0 aromatic heterocycles. The molecule has 2 rings (SSSR count). The molecule has 2 fully saturated rings. The van der Waals surface area contributed by atoms with Gasteiger partial charge in [0, 0.05) is 6.04 Å². The van der Waals surface area contributed by atoms with E-state index in [1.807, 2.05) is 13.8 Å². The summed E-state index contributed by atoms with van der Waals surface area (Å²) >= 11 is 0. The molecule has 1 aliphatic carbocycles. The number of hydrogen-bond donors (Lipinski definition) is 0. The zero-order valence-electron chi connectivity index (χ0n) is 9.77. The molecule has 1 heteroatoms. The molecule has 1 nitrogen and oxygen atoms in total. The van der Waals surface area contributed by atoms with Crippen LogP contribution in [0.2, 0.25) is 0 Å². The van der Waals surface area contributed by atoms with Gasteiger partial charge in [-0.1, -0.05) is 27.2 Å². The third kappa shape index (κ3) is 2.07. The van der Waals surface area contributed by atoms with Crippen molar-refractivity contribution < 1.29 is 0 Å². The summed E-state index contributed by atoms with van der Waals surface area (Å²) in [6.07, 6.45) is 7.28. The van der Waals surface area contributed by atoms with E-state index in [0.29, 0.717) is 5.41 Å². The zero-order chi connectivity index (χ0) is 9.90. The predicted molar refractivity (Wildman–Crippen MR) is 59.0 cm³/mol. The molecule has 1 aliphatic heterocycles. The minimum Gasteiger partial charge on any atom is -0.303 e. The Morgan fingerprint density at radius 2 is 1.77 bits per heavy atom. The van der Waals surface area contributed by atoms with Gasteiger partial charge in [-0.05, 0) is 44.7 Å². The lowest BCUT2D eigenvalue weighted by Crippen LogP contribution is -2.45. The van der Waals surface area contributed by atoms with Crippen LogP contribution in [-0.4, -0.2) is 24.5 Å². The quantitative estimate of drug-likeness (QED) is 0.557. The van der Waals surface area contributed by atoms with Crippen LogP contribution in [0.5, 0.6) is 0 Å². The number of hydrogen-bond acceptors (Lipinski definition) is 1. The van der Waals surface area contributed by atoms with E-state index in [2.05, 4.69) is 18.9 Å². The van der Waals surface area contributed by atoms with Crippen LogP contribution in [0, 0.1) is 5.41 Å². The number of likely N-dealkylation sites (tertiary alicyclic amines) is 1. The van der Waals surface area contributed by atoms with Crippen LogP contribution in [0.15, 0.2) is 0 Å². The fourth-order valence-corrected chi connectivity index (χ4v) is 3.15. The van der Waals surface area contributed by atoms with Crippen molar-refractivity contribution in [3.8, 4) is 0 Å². The van der Waals surface area contributed by atoms with Gasteiger partial charge in [0.1, 0.15) is 0 Å². The normalized spacial score (nSPS) is 39.2. The Balaban J connectivity index is 0.000000396. The van der Waals surface area contributed by atoms with Crippen molar-refractivity contribution in [1.29, 1.82) is 0 Å². The number of rotatable bonds is 0. The highest BCUT2D eigenvalue weighted by atomic mass is 15.2. The molecule has 0 bridgehead atoms. The Kier molecular flexibility index (Phi) is 3.78. The molecule has 1 saturated heterocycles. The lowest BCUT2D eigenvalue weighted by molar-refractivity contribution is 0.0711. The predicted octanol–water partition coefficient (Wildman–Crippen LogP) is 3.30. The summed E-state index contributed by atoms with van der Waals surface area (Å²) < 4.78 is 0. The smallest absolute Gasteiger partial charge is 0.0146 e. The molecular weight excluding hydrogens is 158 g/mol. The second-order valence-corrected chi connectivity index (χ2v) is 4.65. The molecule has 2 unspecified atom stereocenters. The van der Waals surface area contributed by atoms with Crippen molar-refractivity contribution in [2.45, 2.75) is 58.9 Å². The van der Waals surface area contributed by atoms with Gasteiger partial charge in [0.25, 0.3) is 0 Å². The zero-order valence-corrected chi connectivity index (χ0v) is 9.77. The fraction of sp³-hybridized carbons (Fsp3) is 1.00. The molecule has 2 aliphatic rings. The van der Waals surface area contributed by atoms with Crippen LogP contribution in [-0.2, 0) is 0 Å². The molecule has 0 aromatic carbocycles. The van der Waals surface area contributed by atoms with Crippen LogP contribution in [0.4, 0.5) is 0 Å². The molecule has 13 heavy (non-hydrogen) atoms. The highest BCUT2D eigenvalue weighted by Crippen LogP contribution is 2.46. The summed E-state index contributed by atoms with van der Waals surface area (Å²) in [5.74, 6) is 0. The van der Waals surface area contributed by atoms with Crippen molar-refractivity contribution in [2.24, 2.45) is 5.41 Å². The van der Waals surface area contributed by atoms with E-state index < -0.39 is 0 Å². The first kappa shape index (κ1) is 11.0. The summed E-state index contributed by atoms with van der Waals surface area (Å²) in [4.78, 5) is 2.58. The molecule has 0 amide bonds. The maximum Gasteiger partial charge on any atom is 0.0146 e. The molecular formula is C12H25N. The molecule has 78 valence electrons. The third-order valence-electron chi connectivity index (χ3n) is 3.82. The Labute approximate surface area is 83.5 Å². The van der Waals surface area contributed by atoms with Gasteiger partial charge in [-0.3, -0.25) is 0 Å². The van der Waals surface area contributed by atoms with E-state index in [0.717, 1.165) is 6.04 Å². The Morgan fingerprint density at radius 3 is 2.38 bits per heavy atom. The second-order valence-electron chi connectivity index (χ2n) is 4.65. The van der Waals surface area contributed by atoms with Crippen LogP contribution >= 0.6 is 0 Å². The summed E-state index contributed by atoms with van der Waals surface area (Å²) in [5, 5.41) is 0. The minimum absolute atomic E-state index is 0.688. The fourth-order valence-electron chi connectivity index (χ4n) is 3.15. The molecule has 2 atom stereocenters. The SMILES string of the molecule is CC.CN1CCCC2(C)CCCC12. The average Bonchev–Trinajstić information content (AvgIpc) is 2.52. The Morgan fingerprint density at radius 1 is 1.15 bits per heavy atom. The largest absolute Gasteiger partial charge is 0.303 e. The first-order valence-electron chi connectivity index (χ1n) is 5.93. The van der Waals surface area contributed by atoms with Crippen molar-refractivity contribution >= 4 is 0 Å². The Hall–Kier alpha value is -0.0400. The second kappa shape index (κ2) is 4.45. The lowest BCUT2D eigenvalue weighted by Gasteiger charge is -2.42. The lowest BCUT2D eigenvalue weighted by atomic mass is 9.77. The van der Waals surface area contributed by atoms with E-state index in [1.165, 1.54) is 38.6 Å². The van der Waals surface area contributed by atoms with E-state index in [-0.39, 0.29) is 0 Å². The van der Waals surface area contributed by atoms with Gasteiger partial charge in [0.05, 0.1) is 0 Å². The topological polar surface area (TPSA) is 3.24 Å². The van der Waals surface area contributed by atoms with Crippen LogP contribution < -0.4 is 0 Å². The van der Waals surface area contributed by atoms with Crippen molar-refractivity contribution in [3.05, 3.63) is 0 Å². The van der Waals surface area contributed by atoms with Crippen LogP contribution in [0.25, 0.3) is 0 Å². The first-order valence-corrected chi connectivity index (χ1v) is 5.93. The molecule has 0 spiro atoms. The van der Waals surface area contributed by atoms with Crippen molar-refractivity contribution in [1.82, 2.24) is 4.90 Å². The van der Waals surface area contributed by atoms with E-state index in [9.17, 15) is 0 Å². The monoisotopic (exact) mass is 183 g/mol. The third-order valence-corrected chi connectivity index (χ3v) is 3.82. The van der Waals surface area contributed by atoms with E-state index in [1.54, 1.807) is 0 Å². The molecule has 0 radical (unpaired) electrons. The summed E-state index contributed by atoms with van der Waals surface area (Å²) in [6.45, 7) is 7.82. The minimum atomic E-state index is 0.688. The summed E-state index contributed by atoms with van der Waals surface area (Å²) in [5.41, 5.74) is 0.688. The number of fused-ring (bicyclic) bond motifs is 1. The van der Waals surface area contributed by atoms with E-state index >= 15 is 0 Å². The van der Waals surface area contributed by atoms with Crippen molar-refractivity contribution in [3.63, 3.8) is 0 Å². The number of piperidine rings is 1. The van der Waals surface area contributed by atoms with Gasteiger partial charge in [0.2, 0.25) is 0 Å². The van der Waals surface area contributed by atoms with Crippen LogP contribution in [0.1, 0.15) is 52.9 Å². The maximum absolute atomic E-state index is 2.58. The molecule has 0 aromatic rings. The molecule has 1 saturated carbocycles. The first-order chi connectivity index (χ1) is 6.22. The molecule has 1 heterocycles. The highest BCUT2D eigenvalue weighted by Gasteiger charge is 2.42. The standard InChI is InChI=1S/C10H19N.C2H6/c1-10-6-3-5-9(10)11(2)8-4-7-10;1-2/h9H,3-8H2,1-2H3;1-2H3.